The van der Waals surface area contributed by atoms with Gasteiger partial charge in [-0.1, -0.05) is 78.6 Å². The predicted molar refractivity (Wildman–Crippen MR) is 115 cm³/mol. The van der Waals surface area contributed by atoms with Crippen LogP contribution in [-0.2, 0) is 9.67 Å². The van der Waals surface area contributed by atoms with Crippen LogP contribution in [0.1, 0.15) is 18.1 Å². The molecule has 0 aliphatic carbocycles. The third-order valence-electron chi connectivity index (χ3n) is 4.66. The van der Waals surface area contributed by atoms with Gasteiger partial charge in [-0.15, -0.1) is 11.8 Å². The zero-order valence-corrected chi connectivity index (χ0v) is 16.3. The fourth-order valence-corrected chi connectivity index (χ4v) is 4.47. The molecule has 2 unspecified atom stereocenters. The minimum Gasteiger partial charge on any atom is -0.294 e. The molecule has 2 atom stereocenters. The molecule has 1 heterocycles. The summed E-state index contributed by atoms with van der Waals surface area (Å²) in [4.78, 5) is 12.7. The van der Waals surface area contributed by atoms with Gasteiger partial charge in [-0.3, -0.25) is 10.2 Å². The minimum absolute atomic E-state index is 0.0383. The monoisotopic (exact) mass is 384 g/mol. The second kappa shape index (κ2) is 7.84. The Morgan fingerprint density at radius 2 is 1.46 bits per heavy atom. The second-order valence-corrected chi connectivity index (χ2v) is 8.14. The molecule has 4 rings (SSSR count). The third-order valence-corrected chi connectivity index (χ3v) is 6.10. The highest BCUT2D eigenvalue weighted by molar-refractivity contribution is 8.02. The number of nitrogens with zero attached hydrogens (tertiary/aromatic N) is 1. The third kappa shape index (κ3) is 3.62. The lowest BCUT2D eigenvalue weighted by atomic mass is 10.1. The molecule has 1 aliphatic heterocycles. The van der Waals surface area contributed by atoms with Crippen molar-refractivity contribution in [2.75, 3.05) is 5.43 Å². The minimum atomic E-state index is -0.565. The summed E-state index contributed by atoms with van der Waals surface area (Å²) >= 11 is 1.56. The van der Waals surface area contributed by atoms with Crippen LogP contribution in [0.5, 0.6) is 0 Å². The van der Waals surface area contributed by atoms with Gasteiger partial charge in [0.15, 0.2) is 0 Å². The number of hydrazine groups is 1. The molecule has 138 valence electrons. The van der Waals surface area contributed by atoms with Gasteiger partial charge in [-0.2, -0.15) is 0 Å². The Kier molecular flexibility index (Phi) is 5.10. The molecule has 0 radical (unpaired) electrons. The highest BCUT2D eigenvalue weighted by Gasteiger charge is 2.50. The number of carbonyl (C=O) groups is 1. The first kappa shape index (κ1) is 18.2. The zero-order valence-electron chi connectivity index (χ0n) is 15.5. The number of rotatable bonds is 3. The Morgan fingerprint density at radius 1 is 0.893 bits per heavy atom. The lowest BCUT2D eigenvalue weighted by Crippen LogP contribution is -2.44. The van der Waals surface area contributed by atoms with E-state index < -0.39 is 10.1 Å². The van der Waals surface area contributed by atoms with Gasteiger partial charge in [-0.05, 0) is 36.8 Å². The summed E-state index contributed by atoms with van der Waals surface area (Å²) in [5, 5.41) is 1.27. The van der Waals surface area contributed by atoms with E-state index in [9.17, 15) is 4.79 Å². The van der Waals surface area contributed by atoms with E-state index in [-0.39, 0.29) is 5.91 Å². The smallest absolute Gasteiger partial charge is 0.267 e. The summed E-state index contributed by atoms with van der Waals surface area (Å²) in [5.41, 5.74) is 6.14. The van der Waals surface area contributed by atoms with Crippen molar-refractivity contribution in [3.8, 4) is 11.8 Å². The van der Waals surface area contributed by atoms with E-state index in [0.717, 1.165) is 16.8 Å². The number of benzene rings is 3. The van der Waals surface area contributed by atoms with Crippen LogP contribution in [0.15, 0.2) is 91.0 Å². The predicted octanol–water partition coefficient (Wildman–Crippen LogP) is 4.88. The van der Waals surface area contributed by atoms with Gasteiger partial charge < -0.3 is 0 Å². The van der Waals surface area contributed by atoms with Gasteiger partial charge in [0, 0.05) is 5.56 Å². The van der Waals surface area contributed by atoms with E-state index in [1.165, 1.54) is 0 Å². The lowest BCUT2D eigenvalue weighted by molar-refractivity contribution is -0.129. The molecular formula is C24H20N2OS. The average Bonchev–Trinajstić information content (AvgIpc) is 3.00. The summed E-state index contributed by atoms with van der Waals surface area (Å²) in [5.74, 6) is 6.28. The molecule has 1 amide bonds. The van der Waals surface area contributed by atoms with E-state index >= 15 is 0 Å². The quantitative estimate of drug-likeness (QED) is 0.653. The fourth-order valence-electron chi connectivity index (χ4n) is 3.17. The normalized spacial score (nSPS) is 21.1. The largest absolute Gasteiger partial charge is 0.294 e. The zero-order chi connectivity index (χ0) is 19.4. The molecule has 1 fully saturated rings. The van der Waals surface area contributed by atoms with E-state index in [1.807, 2.05) is 91.0 Å². The molecule has 0 spiro atoms. The van der Waals surface area contributed by atoms with E-state index in [1.54, 1.807) is 16.8 Å². The van der Waals surface area contributed by atoms with Crippen LogP contribution in [0.2, 0.25) is 0 Å². The maximum atomic E-state index is 13.3. The standard InChI is InChI=1S/C24H20N2OS/c1-24(20-13-7-3-8-14-20)26(25-21-15-9-4-10-16-21)23(27)22(28-24)18-17-19-11-5-2-6-12-19/h2-16,22,25H,1H3. The van der Waals surface area contributed by atoms with E-state index in [2.05, 4.69) is 24.2 Å². The fraction of sp³-hybridized carbons (Fsp3) is 0.125. The number of amides is 1. The summed E-state index contributed by atoms with van der Waals surface area (Å²) in [6, 6.07) is 29.6. The van der Waals surface area contributed by atoms with Gasteiger partial charge in [0.1, 0.15) is 10.1 Å². The van der Waals surface area contributed by atoms with Crippen LogP contribution in [-0.4, -0.2) is 16.2 Å². The van der Waals surface area contributed by atoms with Crippen molar-refractivity contribution in [1.29, 1.82) is 0 Å². The summed E-state index contributed by atoms with van der Waals surface area (Å²) in [6.07, 6.45) is 0. The highest BCUT2D eigenvalue weighted by Crippen LogP contribution is 2.48. The van der Waals surface area contributed by atoms with E-state index in [0.29, 0.717) is 0 Å². The number of para-hydroxylation sites is 1. The molecule has 0 aromatic heterocycles. The Balaban J connectivity index is 1.69. The summed E-state index contributed by atoms with van der Waals surface area (Å²) in [7, 11) is 0. The van der Waals surface area contributed by atoms with Gasteiger partial charge in [0.05, 0.1) is 5.69 Å². The van der Waals surface area contributed by atoms with Crippen molar-refractivity contribution in [2.45, 2.75) is 17.0 Å². The van der Waals surface area contributed by atoms with Gasteiger partial charge in [0.2, 0.25) is 0 Å². The lowest BCUT2D eigenvalue weighted by Gasteiger charge is -2.35. The first-order chi connectivity index (χ1) is 13.7. The number of carbonyl (C=O) groups excluding carboxylic acids is 1. The van der Waals surface area contributed by atoms with Crippen molar-refractivity contribution >= 4 is 23.4 Å². The molecule has 3 nitrogen and oxygen atoms in total. The number of thioether (sulfide) groups is 1. The Labute approximate surface area is 169 Å². The Bertz CT molecular complexity index is 1010. The Morgan fingerprint density at radius 3 is 2.11 bits per heavy atom. The van der Waals surface area contributed by atoms with Crippen LogP contribution in [0, 0.1) is 11.8 Å². The molecule has 4 heteroatoms. The molecular weight excluding hydrogens is 364 g/mol. The maximum Gasteiger partial charge on any atom is 0.267 e. The van der Waals surface area contributed by atoms with Gasteiger partial charge in [-0.25, -0.2) is 5.01 Å². The van der Waals surface area contributed by atoms with Crippen molar-refractivity contribution < 1.29 is 4.79 Å². The molecule has 0 bridgehead atoms. The van der Waals surface area contributed by atoms with Crippen LogP contribution in [0.25, 0.3) is 0 Å². The number of nitrogens with one attached hydrogen (secondary N) is 1. The average molecular weight is 385 g/mol. The first-order valence-corrected chi connectivity index (χ1v) is 10.0. The SMILES string of the molecule is CC1(c2ccccc2)SC(C#Cc2ccccc2)C(=O)N1Nc1ccccc1. The number of hydrogen-bond donors (Lipinski definition) is 1. The van der Waals surface area contributed by atoms with Crippen molar-refractivity contribution in [2.24, 2.45) is 0 Å². The molecule has 3 aromatic rings. The van der Waals surface area contributed by atoms with Crippen molar-refractivity contribution in [1.82, 2.24) is 5.01 Å². The van der Waals surface area contributed by atoms with Crippen LogP contribution in [0.4, 0.5) is 5.69 Å². The van der Waals surface area contributed by atoms with Crippen LogP contribution >= 0.6 is 11.8 Å². The number of hydrogen-bond acceptors (Lipinski definition) is 3. The van der Waals surface area contributed by atoms with Gasteiger partial charge >= 0.3 is 0 Å². The molecule has 1 N–H and O–H groups in total. The summed E-state index contributed by atoms with van der Waals surface area (Å²) in [6.45, 7) is 2.06. The summed E-state index contributed by atoms with van der Waals surface area (Å²) < 4.78 is 0. The molecule has 1 saturated heterocycles. The number of anilines is 1. The molecule has 0 saturated carbocycles. The maximum absolute atomic E-state index is 13.3. The van der Waals surface area contributed by atoms with Crippen molar-refractivity contribution in [3.63, 3.8) is 0 Å². The molecule has 1 aliphatic rings. The topological polar surface area (TPSA) is 32.3 Å². The van der Waals surface area contributed by atoms with E-state index in [4.69, 9.17) is 0 Å². The second-order valence-electron chi connectivity index (χ2n) is 6.63. The molecule has 3 aromatic carbocycles. The van der Waals surface area contributed by atoms with Gasteiger partial charge in [0.25, 0.3) is 5.91 Å². The van der Waals surface area contributed by atoms with Crippen LogP contribution in [0.3, 0.4) is 0 Å². The molecule has 28 heavy (non-hydrogen) atoms. The van der Waals surface area contributed by atoms with Crippen molar-refractivity contribution in [3.05, 3.63) is 102 Å². The van der Waals surface area contributed by atoms with Crippen LogP contribution < -0.4 is 5.43 Å². The first-order valence-electron chi connectivity index (χ1n) is 9.12. The highest BCUT2D eigenvalue weighted by atomic mass is 32.2. The Hall–Kier alpha value is -3.16.